The Morgan fingerprint density at radius 1 is 0.818 bits per heavy atom. The van der Waals surface area contributed by atoms with Gasteiger partial charge in [0.05, 0.1) is 5.56 Å². The van der Waals surface area contributed by atoms with Crippen molar-refractivity contribution >= 4 is 5.97 Å². The van der Waals surface area contributed by atoms with Crippen molar-refractivity contribution < 1.29 is 9.90 Å². The second-order valence-corrected chi connectivity index (χ2v) is 5.21. The molecule has 0 aliphatic heterocycles. The van der Waals surface area contributed by atoms with E-state index in [0.717, 1.165) is 22.3 Å². The van der Waals surface area contributed by atoms with Gasteiger partial charge < -0.3 is 5.11 Å². The third-order valence-electron chi connectivity index (χ3n) is 3.59. The van der Waals surface area contributed by atoms with E-state index >= 15 is 0 Å². The molecule has 108 valence electrons. The van der Waals surface area contributed by atoms with Gasteiger partial charge >= 0.3 is 5.97 Å². The van der Waals surface area contributed by atoms with Crippen molar-refractivity contribution in [3.05, 3.63) is 78.1 Å². The summed E-state index contributed by atoms with van der Waals surface area (Å²) in [4.78, 5) is 15.2. The Bertz CT molecular complexity index is 806. The Hall–Kier alpha value is -2.94. The second kappa shape index (κ2) is 5.82. The number of rotatable bonds is 3. The molecule has 0 amide bonds. The van der Waals surface area contributed by atoms with Gasteiger partial charge in [-0.25, -0.2) is 4.79 Å². The Morgan fingerprint density at radius 3 is 1.82 bits per heavy atom. The van der Waals surface area contributed by atoms with Gasteiger partial charge in [0.25, 0.3) is 0 Å². The average Bonchev–Trinajstić information content (AvgIpc) is 2.56. The minimum Gasteiger partial charge on any atom is -0.478 e. The standard InChI is InChI=1S/C19H15NO2/c1-13-2-4-14(5-3-13)17-10-18(12-20-11-17)15-6-8-16(9-7-15)19(21)22/h2-12H,1H3,(H,21,22). The molecule has 0 spiro atoms. The lowest BCUT2D eigenvalue weighted by Crippen LogP contribution is -1.95. The predicted molar refractivity (Wildman–Crippen MR) is 86.8 cm³/mol. The second-order valence-electron chi connectivity index (χ2n) is 5.21. The SMILES string of the molecule is Cc1ccc(-c2cncc(-c3ccc(C(=O)O)cc3)c2)cc1. The fourth-order valence-electron chi connectivity index (χ4n) is 2.31. The summed E-state index contributed by atoms with van der Waals surface area (Å²) in [5.74, 6) is -0.918. The van der Waals surface area contributed by atoms with Crippen LogP contribution in [-0.4, -0.2) is 16.1 Å². The average molecular weight is 289 g/mol. The third kappa shape index (κ3) is 2.88. The summed E-state index contributed by atoms with van der Waals surface area (Å²) in [6.45, 7) is 2.06. The number of hydrogen-bond donors (Lipinski definition) is 1. The van der Waals surface area contributed by atoms with E-state index < -0.39 is 5.97 Å². The lowest BCUT2D eigenvalue weighted by molar-refractivity contribution is 0.0697. The van der Waals surface area contributed by atoms with Crippen LogP contribution in [0, 0.1) is 6.92 Å². The molecule has 0 fully saturated rings. The summed E-state index contributed by atoms with van der Waals surface area (Å²) in [7, 11) is 0. The first-order valence-corrected chi connectivity index (χ1v) is 6.99. The number of carboxylic acids is 1. The van der Waals surface area contributed by atoms with Crippen molar-refractivity contribution in [2.24, 2.45) is 0 Å². The zero-order valence-electron chi connectivity index (χ0n) is 12.2. The van der Waals surface area contributed by atoms with Crippen LogP contribution in [0.25, 0.3) is 22.3 Å². The fourth-order valence-corrected chi connectivity index (χ4v) is 2.31. The number of aromatic nitrogens is 1. The van der Waals surface area contributed by atoms with Crippen LogP contribution < -0.4 is 0 Å². The van der Waals surface area contributed by atoms with Crippen LogP contribution >= 0.6 is 0 Å². The van der Waals surface area contributed by atoms with Gasteiger partial charge in [-0.05, 0) is 36.2 Å². The maximum absolute atomic E-state index is 10.9. The van der Waals surface area contributed by atoms with Crippen molar-refractivity contribution in [2.75, 3.05) is 0 Å². The minimum absolute atomic E-state index is 0.284. The predicted octanol–water partition coefficient (Wildman–Crippen LogP) is 4.42. The van der Waals surface area contributed by atoms with Crippen LogP contribution in [0.15, 0.2) is 67.0 Å². The van der Waals surface area contributed by atoms with E-state index in [9.17, 15) is 4.79 Å². The summed E-state index contributed by atoms with van der Waals surface area (Å²) < 4.78 is 0. The molecule has 3 rings (SSSR count). The largest absolute Gasteiger partial charge is 0.478 e. The summed E-state index contributed by atoms with van der Waals surface area (Å²) >= 11 is 0. The number of nitrogens with zero attached hydrogens (tertiary/aromatic N) is 1. The van der Waals surface area contributed by atoms with Crippen LogP contribution in [0.4, 0.5) is 0 Å². The van der Waals surface area contributed by atoms with Gasteiger partial charge in [0.1, 0.15) is 0 Å². The van der Waals surface area contributed by atoms with Gasteiger partial charge in [0, 0.05) is 23.5 Å². The maximum Gasteiger partial charge on any atom is 0.335 e. The molecule has 0 atom stereocenters. The van der Waals surface area contributed by atoms with Crippen molar-refractivity contribution in [2.45, 2.75) is 6.92 Å². The van der Waals surface area contributed by atoms with Crippen LogP contribution in [0.1, 0.15) is 15.9 Å². The molecule has 0 aliphatic carbocycles. The van der Waals surface area contributed by atoms with Crippen LogP contribution in [0.2, 0.25) is 0 Å². The molecule has 3 heteroatoms. The Morgan fingerprint density at radius 2 is 1.32 bits per heavy atom. The molecular formula is C19H15NO2. The van der Waals surface area contributed by atoms with Gasteiger partial charge in [0.15, 0.2) is 0 Å². The highest BCUT2D eigenvalue weighted by molar-refractivity contribution is 5.88. The minimum atomic E-state index is -0.918. The van der Waals surface area contributed by atoms with E-state index in [1.807, 2.05) is 6.20 Å². The van der Waals surface area contributed by atoms with Crippen LogP contribution in [0.5, 0.6) is 0 Å². The first kappa shape index (κ1) is 14.0. The molecule has 22 heavy (non-hydrogen) atoms. The first-order chi connectivity index (χ1) is 10.6. The van der Waals surface area contributed by atoms with Gasteiger partial charge in [0.2, 0.25) is 0 Å². The Kier molecular flexibility index (Phi) is 3.71. The summed E-state index contributed by atoms with van der Waals surface area (Å²) in [6, 6.07) is 17.2. The molecule has 0 radical (unpaired) electrons. The number of benzene rings is 2. The Balaban J connectivity index is 1.97. The highest BCUT2D eigenvalue weighted by Crippen LogP contribution is 2.25. The molecule has 0 saturated heterocycles. The topological polar surface area (TPSA) is 50.2 Å². The van der Waals surface area contributed by atoms with Gasteiger partial charge in [-0.1, -0.05) is 42.0 Å². The van der Waals surface area contributed by atoms with Gasteiger partial charge in [-0.3, -0.25) is 4.98 Å². The Labute approximate surface area is 128 Å². The smallest absolute Gasteiger partial charge is 0.335 e. The quantitative estimate of drug-likeness (QED) is 0.776. The lowest BCUT2D eigenvalue weighted by atomic mass is 10.0. The molecule has 1 heterocycles. The monoisotopic (exact) mass is 289 g/mol. The van der Waals surface area contributed by atoms with E-state index in [4.69, 9.17) is 5.11 Å². The summed E-state index contributed by atoms with van der Waals surface area (Å²) in [5, 5.41) is 8.95. The van der Waals surface area contributed by atoms with Gasteiger partial charge in [-0.15, -0.1) is 0 Å². The highest BCUT2D eigenvalue weighted by Gasteiger charge is 2.05. The summed E-state index contributed by atoms with van der Waals surface area (Å²) in [5.41, 5.74) is 5.58. The van der Waals surface area contributed by atoms with Crippen LogP contribution in [-0.2, 0) is 0 Å². The molecule has 3 aromatic rings. The number of hydrogen-bond acceptors (Lipinski definition) is 2. The highest BCUT2D eigenvalue weighted by atomic mass is 16.4. The molecule has 1 aromatic heterocycles. The van der Waals surface area contributed by atoms with E-state index in [1.54, 1.807) is 30.5 Å². The van der Waals surface area contributed by atoms with Crippen molar-refractivity contribution in [3.8, 4) is 22.3 Å². The van der Waals surface area contributed by atoms with Crippen molar-refractivity contribution in [3.63, 3.8) is 0 Å². The number of carboxylic acid groups (broad SMARTS) is 1. The lowest BCUT2D eigenvalue weighted by Gasteiger charge is -2.06. The summed E-state index contributed by atoms with van der Waals surface area (Å²) in [6.07, 6.45) is 3.62. The molecular weight excluding hydrogens is 274 g/mol. The van der Waals surface area contributed by atoms with Crippen molar-refractivity contribution in [1.29, 1.82) is 0 Å². The van der Waals surface area contributed by atoms with Gasteiger partial charge in [-0.2, -0.15) is 0 Å². The number of aryl methyl sites for hydroxylation is 1. The first-order valence-electron chi connectivity index (χ1n) is 6.99. The molecule has 0 unspecified atom stereocenters. The number of aromatic carboxylic acids is 1. The normalized spacial score (nSPS) is 10.4. The van der Waals surface area contributed by atoms with E-state index in [0.29, 0.717) is 0 Å². The van der Waals surface area contributed by atoms with E-state index in [2.05, 4.69) is 42.2 Å². The molecule has 0 aliphatic rings. The van der Waals surface area contributed by atoms with Crippen LogP contribution in [0.3, 0.4) is 0 Å². The third-order valence-corrected chi connectivity index (χ3v) is 3.59. The maximum atomic E-state index is 10.9. The zero-order valence-corrected chi connectivity index (χ0v) is 12.2. The fraction of sp³-hybridized carbons (Fsp3) is 0.0526. The molecule has 3 nitrogen and oxygen atoms in total. The molecule has 0 saturated carbocycles. The van der Waals surface area contributed by atoms with E-state index in [1.165, 1.54) is 5.56 Å². The molecule has 0 bridgehead atoms. The zero-order chi connectivity index (χ0) is 15.5. The molecule has 2 aromatic carbocycles. The van der Waals surface area contributed by atoms with Crippen molar-refractivity contribution in [1.82, 2.24) is 4.98 Å². The number of carbonyl (C=O) groups is 1. The molecule has 1 N–H and O–H groups in total. The van der Waals surface area contributed by atoms with E-state index in [-0.39, 0.29) is 5.56 Å². The number of pyridine rings is 1.